The minimum atomic E-state index is -0.541. The zero-order valence-corrected chi connectivity index (χ0v) is 11.5. The molecule has 1 N–H and O–H groups in total. The molecule has 0 amide bonds. The summed E-state index contributed by atoms with van der Waals surface area (Å²) < 4.78 is 15.9. The molecular formula is C15H10FN5O. The highest BCUT2D eigenvalue weighted by Crippen LogP contribution is 2.24. The Kier molecular flexibility index (Phi) is 2.56. The second-order valence-corrected chi connectivity index (χ2v) is 5.02. The average molecular weight is 295 g/mol. The molecular weight excluding hydrogens is 285 g/mol. The number of hydrogen-bond donors (Lipinski definition) is 1. The summed E-state index contributed by atoms with van der Waals surface area (Å²) in [4.78, 5) is 26.6. The van der Waals surface area contributed by atoms with Gasteiger partial charge in [0.2, 0.25) is 5.78 Å². The molecule has 3 aromatic heterocycles. The van der Waals surface area contributed by atoms with Gasteiger partial charge in [-0.2, -0.15) is 0 Å². The van der Waals surface area contributed by atoms with Gasteiger partial charge in [0, 0.05) is 24.2 Å². The van der Waals surface area contributed by atoms with Gasteiger partial charge in [0.05, 0.1) is 17.4 Å². The Morgan fingerprint density at radius 2 is 2.05 bits per heavy atom. The van der Waals surface area contributed by atoms with Crippen molar-refractivity contribution < 1.29 is 4.39 Å². The van der Waals surface area contributed by atoms with Crippen LogP contribution in [-0.4, -0.2) is 24.3 Å². The van der Waals surface area contributed by atoms with Gasteiger partial charge >= 0.3 is 0 Å². The molecule has 0 spiro atoms. The Bertz CT molecular complexity index is 1080. The summed E-state index contributed by atoms with van der Waals surface area (Å²) in [5, 5.41) is 0.208. The van der Waals surface area contributed by atoms with E-state index in [-0.39, 0.29) is 16.5 Å². The number of aromatic amines is 1. The van der Waals surface area contributed by atoms with Crippen LogP contribution in [0.3, 0.4) is 0 Å². The van der Waals surface area contributed by atoms with Crippen molar-refractivity contribution >= 4 is 16.7 Å². The molecule has 0 atom stereocenters. The van der Waals surface area contributed by atoms with E-state index in [2.05, 4.69) is 19.9 Å². The van der Waals surface area contributed by atoms with Gasteiger partial charge in [-0.1, -0.05) is 0 Å². The Hall–Kier alpha value is -3.09. The van der Waals surface area contributed by atoms with Crippen molar-refractivity contribution in [3.8, 4) is 11.1 Å². The molecule has 0 unspecified atom stereocenters. The van der Waals surface area contributed by atoms with E-state index in [9.17, 15) is 9.18 Å². The number of fused-ring (bicyclic) bond motifs is 2. The monoisotopic (exact) mass is 295 g/mol. The van der Waals surface area contributed by atoms with Crippen LogP contribution in [0.15, 0.2) is 41.8 Å². The Labute approximate surface area is 123 Å². The maximum Gasteiger partial charge on any atom is 0.258 e. The second-order valence-electron chi connectivity index (χ2n) is 5.02. The molecule has 7 heteroatoms. The first kappa shape index (κ1) is 12.6. The number of benzene rings is 1. The number of imidazole rings is 1. The molecule has 4 aromatic rings. The van der Waals surface area contributed by atoms with Gasteiger partial charge in [0.15, 0.2) is 0 Å². The maximum atomic E-state index is 14.2. The highest BCUT2D eigenvalue weighted by molar-refractivity contribution is 5.84. The van der Waals surface area contributed by atoms with Crippen molar-refractivity contribution in [1.82, 2.24) is 24.3 Å². The van der Waals surface area contributed by atoms with Gasteiger partial charge in [-0.25, -0.2) is 19.3 Å². The van der Waals surface area contributed by atoms with Gasteiger partial charge in [-0.3, -0.25) is 9.20 Å². The largest absolute Gasteiger partial charge is 0.313 e. The van der Waals surface area contributed by atoms with E-state index in [1.165, 1.54) is 12.4 Å². The van der Waals surface area contributed by atoms with Crippen molar-refractivity contribution in [2.75, 3.05) is 0 Å². The fourth-order valence-corrected chi connectivity index (χ4v) is 2.46. The molecule has 6 nitrogen and oxygen atoms in total. The topological polar surface area (TPSA) is 75.9 Å². The molecule has 22 heavy (non-hydrogen) atoms. The molecule has 0 fully saturated rings. The van der Waals surface area contributed by atoms with Gasteiger partial charge in [-0.15, -0.1) is 0 Å². The number of aryl methyl sites for hydroxylation is 1. The molecule has 0 bridgehead atoms. The second kappa shape index (κ2) is 4.45. The third kappa shape index (κ3) is 1.86. The van der Waals surface area contributed by atoms with E-state index in [4.69, 9.17) is 0 Å². The normalized spacial score (nSPS) is 11.4. The molecule has 0 aliphatic rings. The number of halogens is 1. The zero-order chi connectivity index (χ0) is 15.3. The first-order valence-electron chi connectivity index (χ1n) is 6.60. The molecule has 108 valence electrons. The zero-order valence-electron chi connectivity index (χ0n) is 11.5. The molecule has 0 radical (unpaired) electrons. The lowest BCUT2D eigenvalue weighted by atomic mass is 10.1. The highest BCUT2D eigenvalue weighted by atomic mass is 19.1. The van der Waals surface area contributed by atoms with E-state index in [0.29, 0.717) is 16.9 Å². The predicted octanol–water partition coefficient (Wildman–Crippen LogP) is 2.08. The van der Waals surface area contributed by atoms with Crippen LogP contribution in [0, 0.1) is 12.7 Å². The molecule has 0 aliphatic heterocycles. The Morgan fingerprint density at radius 3 is 2.91 bits per heavy atom. The van der Waals surface area contributed by atoms with E-state index in [1.807, 2.05) is 13.1 Å². The molecule has 0 saturated carbocycles. The summed E-state index contributed by atoms with van der Waals surface area (Å²) in [6.07, 6.45) is 6.42. The molecule has 3 heterocycles. The first-order chi connectivity index (χ1) is 10.6. The summed E-state index contributed by atoms with van der Waals surface area (Å²) >= 11 is 0. The van der Waals surface area contributed by atoms with Gasteiger partial charge < -0.3 is 4.98 Å². The summed E-state index contributed by atoms with van der Waals surface area (Å²) in [6.45, 7) is 1.87. The van der Waals surface area contributed by atoms with E-state index in [1.54, 1.807) is 22.9 Å². The number of nitrogens with zero attached hydrogens (tertiary/aromatic N) is 4. The van der Waals surface area contributed by atoms with Crippen molar-refractivity contribution in [2.24, 2.45) is 0 Å². The smallest absolute Gasteiger partial charge is 0.258 e. The van der Waals surface area contributed by atoms with Crippen molar-refractivity contribution in [2.45, 2.75) is 6.92 Å². The minimum absolute atomic E-state index is 0.0556. The van der Waals surface area contributed by atoms with Crippen LogP contribution in [0.1, 0.15) is 5.69 Å². The van der Waals surface area contributed by atoms with Crippen LogP contribution < -0.4 is 5.56 Å². The Morgan fingerprint density at radius 1 is 1.18 bits per heavy atom. The van der Waals surface area contributed by atoms with Crippen LogP contribution in [0.2, 0.25) is 0 Å². The maximum absolute atomic E-state index is 14.2. The lowest BCUT2D eigenvalue weighted by molar-refractivity contribution is 0.636. The van der Waals surface area contributed by atoms with Crippen LogP contribution in [-0.2, 0) is 0 Å². The first-order valence-corrected chi connectivity index (χ1v) is 6.60. The summed E-state index contributed by atoms with van der Waals surface area (Å²) in [7, 11) is 0. The number of hydrogen-bond acceptors (Lipinski definition) is 4. The minimum Gasteiger partial charge on any atom is -0.313 e. The number of rotatable bonds is 1. The summed E-state index contributed by atoms with van der Waals surface area (Å²) in [5.41, 5.74) is 1.77. The third-order valence-corrected chi connectivity index (χ3v) is 3.46. The van der Waals surface area contributed by atoms with Gasteiger partial charge in [0.1, 0.15) is 11.3 Å². The fraction of sp³-hybridized carbons (Fsp3) is 0.0667. The summed E-state index contributed by atoms with van der Waals surface area (Å²) in [5.74, 6) is 0.0301. The highest BCUT2D eigenvalue weighted by Gasteiger charge is 2.10. The molecule has 4 rings (SSSR count). The van der Waals surface area contributed by atoms with Crippen molar-refractivity contribution in [3.63, 3.8) is 0 Å². The van der Waals surface area contributed by atoms with E-state index >= 15 is 0 Å². The number of H-pyrrole nitrogens is 1. The van der Waals surface area contributed by atoms with E-state index < -0.39 is 5.82 Å². The number of aromatic nitrogens is 5. The number of nitrogens with one attached hydrogen (secondary N) is 1. The summed E-state index contributed by atoms with van der Waals surface area (Å²) in [6, 6.07) is 2.96. The standard InChI is InChI=1S/C15H10FN5O/c1-8-5-21-6-10(4-17-15(21)20-8)9-2-11-13(12(16)3-9)18-7-19-14(11)22/h2-7H,1H3,(H,18,19,22). The van der Waals surface area contributed by atoms with Crippen LogP contribution in [0.4, 0.5) is 4.39 Å². The van der Waals surface area contributed by atoms with Crippen molar-refractivity contribution in [1.29, 1.82) is 0 Å². The molecule has 0 aliphatic carbocycles. The molecule has 0 saturated heterocycles. The van der Waals surface area contributed by atoms with E-state index in [0.717, 1.165) is 5.69 Å². The third-order valence-electron chi connectivity index (χ3n) is 3.46. The van der Waals surface area contributed by atoms with Gasteiger partial charge in [-0.05, 0) is 24.6 Å². The Balaban J connectivity index is 1.99. The van der Waals surface area contributed by atoms with Crippen LogP contribution in [0.5, 0.6) is 0 Å². The van der Waals surface area contributed by atoms with Crippen LogP contribution in [0.25, 0.3) is 27.8 Å². The van der Waals surface area contributed by atoms with Crippen LogP contribution >= 0.6 is 0 Å². The quantitative estimate of drug-likeness (QED) is 0.583. The lowest BCUT2D eigenvalue weighted by Crippen LogP contribution is -2.07. The predicted molar refractivity (Wildman–Crippen MR) is 79.0 cm³/mol. The SMILES string of the molecule is Cc1cn2cc(-c3cc(F)c4nc[nH]c(=O)c4c3)cnc2n1. The molecule has 1 aromatic carbocycles. The van der Waals surface area contributed by atoms with Crippen molar-refractivity contribution in [3.05, 3.63) is 58.9 Å². The lowest BCUT2D eigenvalue weighted by Gasteiger charge is -2.05. The fourth-order valence-electron chi connectivity index (χ4n) is 2.46. The van der Waals surface area contributed by atoms with Gasteiger partial charge in [0.25, 0.3) is 5.56 Å². The average Bonchev–Trinajstić information content (AvgIpc) is 2.87.